The smallest absolute Gasteiger partial charge is 0.238 e. The molecule has 0 unspecified atom stereocenters. The third-order valence-corrected chi connectivity index (χ3v) is 5.53. The molecule has 1 saturated heterocycles. The number of piperazine rings is 1. The van der Waals surface area contributed by atoms with E-state index in [0.29, 0.717) is 6.54 Å². The number of nitrogens with zero attached hydrogens (tertiary/aromatic N) is 4. The van der Waals surface area contributed by atoms with Crippen LogP contribution in [0.3, 0.4) is 0 Å². The summed E-state index contributed by atoms with van der Waals surface area (Å²) in [6, 6.07) is 9.84. The number of hydrogen-bond acceptors (Lipinski definition) is 5. The fraction of sp³-hybridized carbons (Fsp3) is 0.421. The number of benzene rings is 1. The molecule has 1 N–H and O–H groups in total. The molecular weight excluding hydrogens is 394 g/mol. The first-order chi connectivity index (χ1) is 12.7. The second kappa shape index (κ2) is 7.72. The minimum absolute atomic E-state index is 0.0260. The van der Waals surface area contributed by atoms with Crippen molar-refractivity contribution >= 4 is 33.3 Å². The van der Waals surface area contributed by atoms with Crippen LogP contribution in [0.2, 0.25) is 0 Å². The number of carbonyl (C=O) groups excluding carboxylic acids is 1. The maximum absolute atomic E-state index is 12.2. The van der Waals surface area contributed by atoms with Crippen LogP contribution in [0.4, 0.5) is 11.5 Å². The van der Waals surface area contributed by atoms with Gasteiger partial charge in [-0.05, 0) is 55.2 Å². The Hall–Kier alpha value is -1.99. The standard InChI is InChI=1S/C19H22BrN5O/c20-15-4-6-16(7-5-15)21-19(26)13-24-8-10-25(11-9-24)18-12-14-2-1-3-17(14)22-23-18/h4-7,12H,1-3,8-11,13H2,(H,21,26). The van der Waals surface area contributed by atoms with Crippen molar-refractivity contribution in [2.75, 3.05) is 42.9 Å². The number of anilines is 2. The minimum Gasteiger partial charge on any atom is -0.353 e. The highest BCUT2D eigenvalue weighted by atomic mass is 79.9. The average Bonchev–Trinajstić information content (AvgIpc) is 3.12. The van der Waals surface area contributed by atoms with Gasteiger partial charge in [0.15, 0.2) is 5.82 Å². The van der Waals surface area contributed by atoms with Crippen LogP contribution in [0.5, 0.6) is 0 Å². The first kappa shape index (κ1) is 17.4. The van der Waals surface area contributed by atoms with Crippen LogP contribution >= 0.6 is 15.9 Å². The molecular formula is C19H22BrN5O. The summed E-state index contributed by atoms with van der Waals surface area (Å²) in [4.78, 5) is 16.7. The van der Waals surface area contributed by atoms with Gasteiger partial charge in [-0.25, -0.2) is 0 Å². The number of carbonyl (C=O) groups is 1. The summed E-state index contributed by atoms with van der Waals surface area (Å²) in [5, 5.41) is 11.7. The molecule has 2 heterocycles. The SMILES string of the molecule is O=C(CN1CCN(c2cc3c(nn2)CCC3)CC1)Nc1ccc(Br)cc1. The summed E-state index contributed by atoms with van der Waals surface area (Å²) in [5.74, 6) is 1.00. The Balaban J connectivity index is 1.28. The summed E-state index contributed by atoms with van der Waals surface area (Å²) in [6.07, 6.45) is 3.37. The number of rotatable bonds is 4. The first-order valence-corrected chi connectivity index (χ1v) is 9.85. The van der Waals surface area contributed by atoms with Gasteiger partial charge in [0.25, 0.3) is 0 Å². The van der Waals surface area contributed by atoms with Gasteiger partial charge in [-0.1, -0.05) is 15.9 Å². The fourth-order valence-electron chi connectivity index (χ4n) is 3.54. The lowest BCUT2D eigenvalue weighted by molar-refractivity contribution is -0.117. The molecule has 0 bridgehead atoms. The Labute approximate surface area is 161 Å². The van der Waals surface area contributed by atoms with E-state index in [1.165, 1.54) is 12.0 Å². The van der Waals surface area contributed by atoms with Gasteiger partial charge in [-0.2, -0.15) is 5.10 Å². The van der Waals surface area contributed by atoms with Crippen molar-refractivity contribution in [1.29, 1.82) is 0 Å². The molecule has 1 aliphatic carbocycles. The van der Waals surface area contributed by atoms with Gasteiger partial charge in [-0.3, -0.25) is 9.69 Å². The molecule has 2 aromatic rings. The van der Waals surface area contributed by atoms with Crippen LogP contribution in [0, 0.1) is 0 Å². The van der Waals surface area contributed by atoms with Gasteiger partial charge in [0.2, 0.25) is 5.91 Å². The monoisotopic (exact) mass is 415 g/mol. The highest BCUT2D eigenvalue weighted by molar-refractivity contribution is 9.10. The predicted molar refractivity (Wildman–Crippen MR) is 105 cm³/mol. The maximum Gasteiger partial charge on any atom is 0.238 e. The molecule has 0 saturated carbocycles. The van der Waals surface area contributed by atoms with Gasteiger partial charge < -0.3 is 10.2 Å². The van der Waals surface area contributed by atoms with Gasteiger partial charge in [-0.15, -0.1) is 5.10 Å². The van der Waals surface area contributed by atoms with Crippen LogP contribution in [-0.4, -0.2) is 53.7 Å². The molecule has 0 atom stereocenters. The van der Waals surface area contributed by atoms with E-state index in [1.54, 1.807) is 0 Å². The van der Waals surface area contributed by atoms with E-state index in [1.807, 2.05) is 24.3 Å². The first-order valence-electron chi connectivity index (χ1n) is 9.05. The topological polar surface area (TPSA) is 61.4 Å². The van der Waals surface area contributed by atoms with Crippen molar-refractivity contribution in [3.05, 3.63) is 46.1 Å². The predicted octanol–water partition coefficient (Wildman–Crippen LogP) is 2.49. The van der Waals surface area contributed by atoms with E-state index in [9.17, 15) is 4.79 Å². The molecule has 1 aromatic heterocycles. The third kappa shape index (κ3) is 4.04. The molecule has 6 nitrogen and oxygen atoms in total. The average molecular weight is 416 g/mol. The normalized spacial score (nSPS) is 17.2. The summed E-state index contributed by atoms with van der Waals surface area (Å²) in [7, 11) is 0. The Morgan fingerprint density at radius 2 is 1.85 bits per heavy atom. The quantitative estimate of drug-likeness (QED) is 0.830. The molecule has 7 heteroatoms. The lowest BCUT2D eigenvalue weighted by Gasteiger charge is -2.34. The summed E-state index contributed by atoms with van der Waals surface area (Å²) in [6.45, 7) is 3.87. The van der Waals surface area contributed by atoms with Crippen LogP contribution in [0.1, 0.15) is 17.7 Å². The lowest BCUT2D eigenvalue weighted by atomic mass is 10.2. The number of nitrogens with one attached hydrogen (secondary N) is 1. The molecule has 1 aromatic carbocycles. The van der Waals surface area contributed by atoms with E-state index in [-0.39, 0.29) is 5.91 Å². The van der Waals surface area contributed by atoms with Crippen molar-refractivity contribution in [3.8, 4) is 0 Å². The number of halogens is 1. The zero-order valence-corrected chi connectivity index (χ0v) is 16.2. The van der Waals surface area contributed by atoms with Gasteiger partial charge in [0.05, 0.1) is 12.2 Å². The van der Waals surface area contributed by atoms with E-state index in [4.69, 9.17) is 0 Å². The number of aryl methyl sites for hydroxylation is 2. The molecule has 4 rings (SSSR count). The molecule has 1 fully saturated rings. The largest absolute Gasteiger partial charge is 0.353 e. The Morgan fingerprint density at radius 1 is 1.08 bits per heavy atom. The zero-order chi connectivity index (χ0) is 17.9. The van der Waals surface area contributed by atoms with Crippen molar-refractivity contribution in [3.63, 3.8) is 0 Å². The second-order valence-electron chi connectivity index (χ2n) is 6.85. The van der Waals surface area contributed by atoms with Crippen LogP contribution in [-0.2, 0) is 17.6 Å². The third-order valence-electron chi connectivity index (χ3n) is 5.00. The Bertz CT molecular complexity index is 787. The molecule has 1 amide bonds. The molecule has 1 aliphatic heterocycles. The van der Waals surface area contributed by atoms with Crippen LogP contribution in [0.25, 0.3) is 0 Å². The Morgan fingerprint density at radius 3 is 2.62 bits per heavy atom. The molecule has 136 valence electrons. The lowest BCUT2D eigenvalue weighted by Crippen LogP contribution is -2.49. The maximum atomic E-state index is 12.2. The fourth-order valence-corrected chi connectivity index (χ4v) is 3.81. The highest BCUT2D eigenvalue weighted by Gasteiger charge is 2.22. The van der Waals surface area contributed by atoms with Crippen molar-refractivity contribution in [2.45, 2.75) is 19.3 Å². The highest BCUT2D eigenvalue weighted by Crippen LogP contribution is 2.23. The second-order valence-corrected chi connectivity index (χ2v) is 7.76. The molecule has 2 aliphatic rings. The van der Waals surface area contributed by atoms with Crippen molar-refractivity contribution < 1.29 is 4.79 Å². The molecule has 0 radical (unpaired) electrons. The molecule has 26 heavy (non-hydrogen) atoms. The summed E-state index contributed by atoms with van der Waals surface area (Å²) >= 11 is 3.40. The summed E-state index contributed by atoms with van der Waals surface area (Å²) < 4.78 is 1.00. The van der Waals surface area contributed by atoms with Gasteiger partial charge >= 0.3 is 0 Å². The van der Waals surface area contributed by atoms with E-state index in [2.05, 4.69) is 47.3 Å². The van der Waals surface area contributed by atoms with Gasteiger partial charge in [0.1, 0.15) is 0 Å². The van der Waals surface area contributed by atoms with Crippen LogP contribution < -0.4 is 10.2 Å². The van der Waals surface area contributed by atoms with E-state index < -0.39 is 0 Å². The van der Waals surface area contributed by atoms with E-state index >= 15 is 0 Å². The Kier molecular flexibility index (Phi) is 5.17. The number of amides is 1. The van der Waals surface area contributed by atoms with E-state index in [0.717, 1.165) is 60.7 Å². The van der Waals surface area contributed by atoms with Crippen LogP contribution in [0.15, 0.2) is 34.8 Å². The zero-order valence-electron chi connectivity index (χ0n) is 14.6. The molecule has 0 spiro atoms. The number of fused-ring (bicyclic) bond motifs is 1. The number of hydrogen-bond donors (Lipinski definition) is 1. The number of aromatic nitrogens is 2. The van der Waals surface area contributed by atoms with Crippen molar-refractivity contribution in [2.24, 2.45) is 0 Å². The van der Waals surface area contributed by atoms with Gasteiger partial charge in [0, 0.05) is 36.3 Å². The minimum atomic E-state index is 0.0260. The van der Waals surface area contributed by atoms with Crippen molar-refractivity contribution in [1.82, 2.24) is 15.1 Å². The summed E-state index contributed by atoms with van der Waals surface area (Å²) in [5.41, 5.74) is 3.34.